The Morgan fingerprint density at radius 3 is 1.62 bits per heavy atom. The van der Waals surface area contributed by atoms with Crippen LogP contribution >= 0.6 is 0 Å². The number of aliphatic hydroxyl groups excluding tert-OH is 10. The van der Waals surface area contributed by atoms with Crippen LogP contribution in [0.1, 0.15) is 25.0 Å². The van der Waals surface area contributed by atoms with Gasteiger partial charge in [0.2, 0.25) is 5.79 Å². The lowest BCUT2D eigenvalue weighted by Crippen LogP contribution is -2.67. The minimum atomic E-state index is -2.62. The Balaban J connectivity index is 1.26. The average molecular weight is 927 g/mol. The van der Waals surface area contributed by atoms with E-state index in [0.717, 1.165) is 12.2 Å². The molecule has 0 spiro atoms. The Morgan fingerprint density at radius 2 is 1.08 bits per heavy atom. The van der Waals surface area contributed by atoms with Gasteiger partial charge < -0.3 is 104 Å². The van der Waals surface area contributed by atoms with Crippen molar-refractivity contribution in [1.29, 1.82) is 0 Å². The van der Waals surface area contributed by atoms with Gasteiger partial charge in [0.25, 0.3) is 0 Å². The second-order valence-corrected chi connectivity index (χ2v) is 15.8. The van der Waals surface area contributed by atoms with Gasteiger partial charge in [0.15, 0.2) is 31.1 Å². The molecule has 19 atom stereocenters. The van der Waals surface area contributed by atoms with Crippen LogP contribution in [0.4, 0.5) is 0 Å². The van der Waals surface area contributed by atoms with Crippen LogP contribution < -0.4 is 0 Å². The Kier molecular flexibility index (Phi) is 16.7. The van der Waals surface area contributed by atoms with E-state index in [1.54, 1.807) is 0 Å². The van der Waals surface area contributed by atoms with Crippen LogP contribution in [0.3, 0.4) is 0 Å². The lowest BCUT2D eigenvalue weighted by atomic mass is 9.96. The number of benzene rings is 2. The van der Waals surface area contributed by atoms with Gasteiger partial charge >= 0.3 is 11.9 Å². The summed E-state index contributed by atoms with van der Waals surface area (Å²) in [7, 11) is 0. The van der Waals surface area contributed by atoms with E-state index in [4.69, 9.17) is 42.6 Å². The third-order valence-corrected chi connectivity index (χ3v) is 11.3. The molecule has 4 aliphatic rings. The minimum Gasteiger partial charge on any atom is -0.508 e. The highest BCUT2D eigenvalue weighted by Gasteiger charge is 2.62. The Labute approximate surface area is 370 Å². The molecule has 23 nitrogen and oxygen atoms in total. The molecule has 4 heterocycles. The molecule has 0 radical (unpaired) electrons. The summed E-state index contributed by atoms with van der Waals surface area (Å²) in [6, 6.07) is 11.3. The zero-order valence-corrected chi connectivity index (χ0v) is 34.8. The zero-order chi connectivity index (χ0) is 47.3. The van der Waals surface area contributed by atoms with Crippen molar-refractivity contribution in [2.24, 2.45) is 0 Å². The molecule has 65 heavy (non-hydrogen) atoms. The van der Waals surface area contributed by atoms with Gasteiger partial charge in [0.05, 0.1) is 25.4 Å². The van der Waals surface area contributed by atoms with Crippen LogP contribution in [0.25, 0.3) is 12.2 Å². The molecule has 19 unspecified atom stereocenters. The first kappa shape index (κ1) is 50.2. The summed E-state index contributed by atoms with van der Waals surface area (Å²) < 4.78 is 51.6. The molecule has 0 amide bonds. The Bertz CT molecular complexity index is 1930. The van der Waals surface area contributed by atoms with Gasteiger partial charge in [0, 0.05) is 12.2 Å². The molecule has 12 N–H and O–H groups in total. The van der Waals surface area contributed by atoms with Crippen molar-refractivity contribution in [3.63, 3.8) is 0 Å². The van der Waals surface area contributed by atoms with Gasteiger partial charge in [-0.05, 0) is 61.4 Å². The summed E-state index contributed by atoms with van der Waals surface area (Å²) in [6.45, 7) is -0.359. The van der Waals surface area contributed by atoms with Crippen molar-refractivity contribution in [3.05, 3.63) is 71.8 Å². The highest BCUT2D eigenvalue weighted by molar-refractivity contribution is 5.87. The van der Waals surface area contributed by atoms with Gasteiger partial charge in [-0.3, -0.25) is 0 Å². The summed E-state index contributed by atoms with van der Waals surface area (Å²) in [5.74, 6) is -4.89. The number of phenolic OH excluding ortho intramolecular Hbond substituents is 2. The molecule has 360 valence electrons. The molecule has 0 aliphatic carbocycles. The van der Waals surface area contributed by atoms with Crippen LogP contribution in [0.15, 0.2) is 60.7 Å². The molecule has 0 saturated carbocycles. The number of esters is 2. The fourth-order valence-corrected chi connectivity index (χ4v) is 7.62. The van der Waals surface area contributed by atoms with Crippen molar-refractivity contribution < 1.29 is 113 Å². The minimum absolute atomic E-state index is 0.0366. The lowest BCUT2D eigenvalue weighted by Gasteiger charge is -2.49. The number of rotatable bonds is 15. The molecular weight excluding hydrogens is 872 g/mol. The molecule has 2 aromatic rings. The number of phenols is 2. The van der Waals surface area contributed by atoms with Crippen molar-refractivity contribution in [3.8, 4) is 11.5 Å². The van der Waals surface area contributed by atoms with Gasteiger partial charge in [-0.2, -0.15) is 0 Å². The van der Waals surface area contributed by atoms with Crippen LogP contribution in [-0.2, 0) is 52.2 Å². The molecule has 2 aromatic carbocycles. The Hall–Kier alpha value is -4.22. The number of carbonyl (C=O) groups is 2. The standard InChI is InChI=1S/C42H54O23/c1-18-28(50)30(52)32(54)39(57-18)62-35-19(2)58-40(33(55)31(35)53)63-37-34(56)41(59-25(16-44)36(37)60-26(48)13-7-20-3-9-22(46)10-4-20)65-42(17-45)38(29(51)24(15-43)64-42)61-27(49)14-8-21-5-11-23(47)12-6-21/h3-14,18-19,24-25,28-41,43-47,50-56H,15-17H2,1-2H3. The fourth-order valence-electron chi connectivity index (χ4n) is 7.62. The van der Waals surface area contributed by atoms with Gasteiger partial charge in [-0.1, -0.05) is 24.3 Å². The molecule has 4 aliphatic heterocycles. The lowest BCUT2D eigenvalue weighted by molar-refractivity contribution is -0.402. The number of hydrogen-bond donors (Lipinski definition) is 12. The fraction of sp³-hybridized carbons (Fsp3) is 0.571. The maximum atomic E-state index is 13.3. The maximum absolute atomic E-state index is 13.3. The molecule has 23 heteroatoms. The van der Waals surface area contributed by atoms with E-state index in [0.29, 0.717) is 11.1 Å². The number of ether oxygens (including phenoxy) is 9. The first-order valence-corrected chi connectivity index (χ1v) is 20.5. The largest absolute Gasteiger partial charge is 0.508 e. The second kappa shape index (κ2) is 21.6. The summed E-state index contributed by atoms with van der Waals surface area (Å²) in [6.07, 6.45) is -26.8. The van der Waals surface area contributed by atoms with Gasteiger partial charge in [-0.25, -0.2) is 9.59 Å². The van der Waals surface area contributed by atoms with E-state index in [1.165, 1.54) is 74.5 Å². The highest BCUT2D eigenvalue weighted by Crippen LogP contribution is 2.40. The number of hydrogen-bond acceptors (Lipinski definition) is 23. The van der Waals surface area contributed by atoms with Crippen molar-refractivity contribution >= 4 is 24.1 Å². The number of aromatic hydroxyl groups is 2. The van der Waals surface area contributed by atoms with Gasteiger partial charge in [0.1, 0.15) is 85.2 Å². The topological polar surface area (TPSA) is 360 Å². The molecule has 0 bridgehead atoms. The van der Waals surface area contributed by atoms with E-state index in [1.807, 2.05) is 0 Å². The van der Waals surface area contributed by atoms with Crippen molar-refractivity contribution in [2.75, 3.05) is 19.8 Å². The third-order valence-electron chi connectivity index (χ3n) is 11.3. The second-order valence-electron chi connectivity index (χ2n) is 15.8. The number of carbonyl (C=O) groups excluding carboxylic acids is 2. The van der Waals surface area contributed by atoms with E-state index in [-0.39, 0.29) is 11.5 Å². The molecule has 6 rings (SSSR count). The maximum Gasteiger partial charge on any atom is 0.331 e. The predicted octanol–water partition coefficient (Wildman–Crippen LogP) is -3.75. The SMILES string of the molecule is CC1OC(OC2C(C)OC(OC3C(O)C(OC4(CO)OC(CO)C(O)C4OC(=O)C=Cc4ccc(O)cc4)OC(CO)C3OC(=O)C=Cc3ccc(O)cc3)C(O)C2O)C(O)C(O)C1O. The summed E-state index contributed by atoms with van der Waals surface area (Å²) >= 11 is 0. The monoisotopic (exact) mass is 926 g/mol. The van der Waals surface area contributed by atoms with Crippen molar-refractivity contribution in [2.45, 2.75) is 130 Å². The smallest absolute Gasteiger partial charge is 0.331 e. The summed E-state index contributed by atoms with van der Waals surface area (Å²) in [5.41, 5.74) is 0.904. The number of aliphatic hydroxyl groups is 10. The van der Waals surface area contributed by atoms with E-state index in [2.05, 4.69) is 0 Å². The average Bonchev–Trinajstić information content (AvgIpc) is 3.55. The van der Waals surface area contributed by atoms with E-state index >= 15 is 0 Å². The highest BCUT2D eigenvalue weighted by atomic mass is 16.8. The van der Waals surface area contributed by atoms with Gasteiger partial charge in [-0.15, -0.1) is 0 Å². The summed E-state index contributed by atoms with van der Waals surface area (Å²) in [4.78, 5) is 26.3. The Morgan fingerprint density at radius 1 is 0.569 bits per heavy atom. The van der Waals surface area contributed by atoms with E-state index in [9.17, 15) is 70.9 Å². The molecule has 4 fully saturated rings. The predicted molar refractivity (Wildman–Crippen MR) is 213 cm³/mol. The summed E-state index contributed by atoms with van der Waals surface area (Å²) in [5, 5.41) is 127. The zero-order valence-electron chi connectivity index (χ0n) is 34.8. The molecular formula is C42H54O23. The molecule has 4 saturated heterocycles. The quantitative estimate of drug-likeness (QED) is 0.0603. The third kappa shape index (κ3) is 11.3. The van der Waals surface area contributed by atoms with E-state index < -0.39 is 148 Å². The van der Waals surface area contributed by atoms with Crippen LogP contribution in [0.5, 0.6) is 11.5 Å². The normalized spacial score (nSPS) is 40.0. The first-order valence-electron chi connectivity index (χ1n) is 20.5. The first-order chi connectivity index (χ1) is 30.9. The molecule has 0 aromatic heterocycles. The van der Waals surface area contributed by atoms with Crippen LogP contribution in [-0.4, -0.2) is 209 Å². The van der Waals surface area contributed by atoms with Crippen molar-refractivity contribution in [1.82, 2.24) is 0 Å². The van der Waals surface area contributed by atoms with Crippen LogP contribution in [0, 0.1) is 0 Å². The van der Waals surface area contributed by atoms with Crippen LogP contribution in [0.2, 0.25) is 0 Å².